The van der Waals surface area contributed by atoms with Crippen LogP contribution in [0, 0.1) is 6.92 Å². The van der Waals surface area contributed by atoms with Crippen molar-refractivity contribution in [2.75, 3.05) is 39.9 Å². The standard InChI is InChI=1S/C23H31N3O3.HI/c1-4-24-23(25-15-21(27)18-9-11-19(28-3)12-10-18)26-13-14-29-22(16-26)20-8-6-5-7-17(20)2;/h5-12,21-22,27H,4,13-16H2,1-3H3,(H,24,25);1H. The van der Waals surface area contributed by atoms with E-state index in [-0.39, 0.29) is 30.1 Å². The zero-order valence-electron chi connectivity index (χ0n) is 17.9. The number of morpholine rings is 1. The Morgan fingerprint density at radius 3 is 2.67 bits per heavy atom. The molecule has 0 bridgehead atoms. The Morgan fingerprint density at radius 2 is 2.00 bits per heavy atom. The number of guanidine groups is 1. The third kappa shape index (κ3) is 6.33. The summed E-state index contributed by atoms with van der Waals surface area (Å²) < 4.78 is 11.2. The first kappa shape index (κ1) is 24.4. The van der Waals surface area contributed by atoms with E-state index < -0.39 is 6.10 Å². The van der Waals surface area contributed by atoms with Gasteiger partial charge in [-0.1, -0.05) is 36.4 Å². The van der Waals surface area contributed by atoms with Gasteiger partial charge in [-0.25, -0.2) is 0 Å². The molecule has 6 nitrogen and oxygen atoms in total. The molecule has 0 radical (unpaired) electrons. The van der Waals surface area contributed by atoms with Gasteiger partial charge in [0.1, 0.15) is 11.9 Å². The van der Waals surface area contributed by atoms with Crippen molar-refractivity contribution in [3.05, 3.63) is 65.2 Å². The Labute approximate surface area is 196 Å². The molecule has 0 aliphatic carbocycles. The van der Waals surface area contributed by atoms with E-state index in [1.54, 1.807) is 7.11 Å². The average molecular weight is 525 g/mol. The first-order valence-electron chi connectivity index (χ1n) is 10.1. The molecule has 2 atom stereocenters. The van der Waals surface area contributed by atoms with Crippen LogP contribution in [0.4, 0.5) is 0 Å². The smallest absolute Gasteiger partial charge is 0.194 e. The van der Waals surface area contributed by atoms with E-state index in [4.69, 9.17) is 14.5 Å². The van der Waals surface area contributed by atoms with Crippen molar-refractivity contribution >= 4 is 29.9 Å². The van der Waals surface area contributed by atoms with E-state index in [1.807, 2.05) is 30.3 Å². The van der Waals surface area contributed by atoms with Crippen LogP contribution >= 0.6 is 24.0 Å². The number of nitrogens with zero attached hydrogens (tertiary/aromatic N) is 2. The van der Waals surface area contributed by atoms with Crippen LogP contribution in [-0.4, -0.2) is 55.9 Å². The highest BCUT2D eigenvalue weighted by atomic mass is 127. The summed E-state index contributed by atoms with van der Waals surface area (Å²) >= 11 is 0. The van der Waals surface area contributed by atoms with Gasteiger partial charge in [0, 0.05) is 13.1 Å². The predicted molar refractivity (Wildman–Crippen MR) is 131 cm³/mol. The molecule has 1 aliphatic heterocycles. The van der Waals surface area contributed by atoms with E-state index in [1.165, 1.54) is 11.1 Å². The van der Waals surface area contributed by atoms with Crippen molar-refractivity contribution < 1.29 is 14.6 Å². The van der Waals surface area contributed by atoms with Crippen LogP contribution in [-0.2, 0) is 4.74 Å². The van der Waals surface area contributed by atoms with Gasteiger partial charge in [0.25, 0.3) is 0 Å². The fourth-order valence-electron chi connectivity index (χ4n) is 3.51. The van der Waals surface area contributed by atoms with Crippen molar-refractivity contribution in [2.45, 2.75) is 26.1 Å². The molecule has 0 saturated carbocycles. The summed E-state index contributed by atoms with van der Waals surface area (Å²) in [5.74, 6) is 1.58. The van der Waals surface area contributed by atoms with Gasteiger partial charge in [-0.2, -0.15) is 0 Å². The number of aryl methyl sites for hydroxylation is 1. The third-order valence-corrected chi connectivity index (χ3v) is 5.15. The second-order valence-electron chi connectivity index (χ2n) is 7.15. The molecule has 2 aromatic rings. The van der Waals surface area contributed by atoms with E-state index >= 15 is 0 Å². The molecule has 30 heavy (non-hydrogen) atoms. The molecule has 1 saturated heterocycles. The maximum atomic E-state index is 10.5. The summed E-state index contributed by atoms with van der Waals surface area (Å²) in [6, 6.07) is 15.8. The topological polar surface area (TPSA) is 66.3 Å². The molecule has 0 spiro atoms. The number of ether oxygens (including phenoxy) is 2. The highest BCUT2D eigenvalue weighted by Gasteiger charge is 2.25. The van der Waals surface area contributed by atoms with Gasteiger partial charge in [0.05, 0.1) is 32.9 Å². The van der Waals surface area contributed by atoms with E-state index in [0.717, 1.165) is 36.9 Å². The number of aliphatic imine (C=N–C) groups is 1. The minimum Gasteiger partial charge on any atom is -0.497 e. The lowest BCUT2D eigenvalue weighted by molar-refractivity contribution is -0.00839. The Hall–Kier alpha value is -1.84. The molecule has 7 heteroatoms. The molecule has 0 amide bonds. The van der Waals surface area contributed by atoms with Crippen molar-refractivity contribution in [3.63, 3.8) is 0 Å². The highest BCUT2D eigenvalue weighted by molar-refractivity contribution is 14.0. The number of aliphatic hydroxyl groups is 1. The Balaban J connectivity index is 0.00000320. The number of hydrogen-bond acceptors (Lipinski definition) is 4. The van der Waals surface area contributed by atoms with Gasteiger partial charge in [0.2, 0.25) is 0 Å². The van der Waals surface area contributed by atoms with Crippen molar-refractivity contribution in [1.29, 1.82) is 0 Å². The summed E-state index contributed by atoms with van der Waals surface area (Å²) in [6.07, 6.45) is -0.650. The quantitative estimate of drug-likeness (QED) is 0.342. The zero-order chi connectivity index (χ0) is 20.6. The third-order valence-electron chi connectivity index (χ3n) is 5.15. The van der Waals surface area contributed by atoms with Crippen molar-refractivity contribution in [3.8, 4) is 5.75 Å². The van der Waals surface area contributed by atoms with E-state index in [2.05, 4.69) is 42.3 Å². The highest BCUT2D eigenvalue weighted by Crippen LogP contribution is 2.25. The number of nitrogens with one attached hydrogen (secondary N) is 1. The molecule has 0 aromatic heterocycles. The first-order valence-corrected chi connectivity index (χ1v) is 10.1. The second kappa shape index (κ2) is 12.1. The van der Waals surface area contributed by atoms with Gasteiger partial charge < -0.3 is 24.8 Å². The van der Waals surface area contributed by atoms with E-state index in [9.17, 15) is 5.11 Å². The van der Waals surface area contributed by atoms with Gasteiger partial charge in [0.15, 0.2) is 5.96 Å². The number of aliphatic hydroxyl groups excluding tert-OH is 1. The Morgan fingerprint density at radius 1 is 1.27 bits per heavy atom. The molecule has 164 valence electrons. The molecular weight excluding hydrogens is 493 g/mol. The van der Waals surface area contributed by atoms with Gasteiger partial charge >= 0.3 is 0 Å². The number of methoxy groups -OCH3 is 1. The molecule has 2 N–H and O–H groups in total. The van der Waals surface area contributed by atoms with Crippen molar-refractivity contribution in [1.82, 2.24) is 10.2 Å². The maximum absolute atomic E-state index is 10.5. The van der Waals surface area contributed by atoms with Gasteiger partial charge in [-0.05, 0) is 42.7 Å². The van der Waals surface area contributed by atoms with Crippen LogP contribution in [0.25, 0.3) is 0 Å². The summed E-state index contributed by atoms with van der Waals surface area (Å²) in [4.78, 5) is 6.91. The number of hydrogen-bond donors (Lipinski definition) is 2. The summed E-state index contributed by atoms with van der Waals surface area (Å²) in [6.45, 7) is 7.37. The summed E-state index contributed by atoms with van der Waals surface area (Å²) in [5, 5.41) is 13.9. The van der Waals surface area contributed by atoms with Crippen LogP contribution in [0.15, 0.2) is 53.5 Å². The summed E-state index contributed by atoms with van der Waals surface area (Å²) in [7, 11) is 1.63. The van der Waals surface area contributed by atoms with Crippen LogP contribution in [0.3, 0.4) is 0 Å². The molecule has 2 aromatic carbocycles. The van der Waals surface area contributed by atoms with Crippen LogP contribution in [0.2, 0.25) is 0 Å². The Kier molecular flexibility index (Phi) is 9.87. The zero-order valence-corrected chi connectivity index (χ0v) is 20.2. The SMILES string of the molecule is CCNC(=NCC(O)c1ccc(OC)cc1)N1CCOC(c2ccccc2C)C1.I. The van der Waals surface area contributed by atoms with Crippen LogP contribution in [0.5, 0.6) is 5.75 Å². The monoisotopic (exact) mass is 525 g/mol. The molecule has 1 fully saturated rings. The minimum absolute atomic E-state index is 0. The second-order valence-corrected chi connectivity index (χ2v) is 7.15. The lowest BCUT2D eigenvalue weighted by atomic mass is 10.0. The molecular formula is C23H32IN3O3. The number of rotatable bonds is 6. The van der Waals surface area contributed by atoms with Gasteiger partial charge in [-0.15, -0.1) is 24.0 Å². The molecule has 1 heterocycles. The van der Waals surface area contributed by atoms with Crippen LogP contribution < -0.4 is 10.1 Å². The molecule has 3 rings (SSSR count). The maximum Gasteiger partial charge on any atom is 0.194 e. The lowest BCUT2D eigenvalue weighted by Crippen LogP contribution is -2.48. The predicted octanol–water partition coefficient (Wildman–Crippen LogP) is 3.69. The van der Waals surface area contributed by atoms with E-state index in [0.29, 0.717) is 13.2 Å². The molecule has 1 aliphatic rings. The van der Waals surface area contributed by atoms with Gasteiger partial charge in [-0.3, -0.25) is 4.99 Å². The number of halogens is 1. The molecule has 2 unspecified atom stereocenters. The van der Waals surface area contributed by atoms with Crippen LogP contribution in [0.1, 0.15) is 35.8 Å². The first-order chi connectivity index (χ1) is 14.1. The number of benzene rings is 2. The lowest BCUT2D eigenvalue weighted by Gasteiger charge is -2.36. The average Bonchev–Trinajstić information content (AvgIpc) is 2.77. The normalized spacial score (nSPS) is 17.8. The summed E-state index contributed by atoms with van der Waals surface area (Å²) in [5.41, 5.74) is 3.27. The fourth-order valence-corrected chi connectivity index (χ4v) is 3.51. The minimum atomic E-state index is -0.664. The fraction of sp³-hybridized carbons (Fsp3) is 0.435. The van der Waals surface area contributed by atoms with Crippen molar-refractivity contribution in [2.24, 2.45) is 4.99 Å². The Bertz CT molecular complexity index is 814. The largest absolute Gasteiger partial charge is 0.497 e.